The van der Waals surface area contributed by atoms with Gasteiger partial charge < -0.3 is 25.2 Å². The van der Waals surface area contributed by atoms with Crippen LogP contribution >= 0.6 is 11.6 Å². The van der Waals surface area contributed by atoms with Crippen molar-refractivity contribution in [2.75, 3.05) is 13.7 Å². The van der Waals surface area contributed by atoms with E-state index in [2.05, 4.69) is 10.6 Å². The van der Waals surface area contributed by atoms with Crippen LogP contribution in [0.15, 0.2) is 36.4 Å². The smallest absolute Gasteiger partial charge is 0.305 e. The molecule has 2 aromatic carbocycles. The number of ether oxygens (including phenoxy) is 2. The molecule has 10 nitrogen and oxygen atoms in total. The maximum absolute atomic E-state index is 13.1. The van der Waals surface area contributed by atoms with Crippen molar-refractivity contribution in [2.45, 2.75) is 52.6 Å². The van der Waals surface area contributed by atoms with Crippen molar-refractivity contribution in [3.8, 4) is 11.5 Å². The number of carboxylic acid groups (broad SMARTS) is 1. The zero-order chi connectivity index (χ0) is 29.3. The van der Waals surface area contributed by atoms with Gasteiger partial charge in [0.25, 0.3) is 0 Å². The molecular formula is C28H33ClN2O8. The zero-order valence-corrected chi connectivity index (χ0v) is 23.3. The van der Waals surface area contributed by atoms with E-state index in [9.17, 15) is 29.1 Å². The number of rotatable bonds is 14. The number of amides is 2. The van der Waals surface area contributed by atoms with Crippen LogP contribution in [-0.4, -0.2) is 60.3 Å². The van der Waals surface area contributed by atoms with Crippen LogP contribution in [0.3, 0.4) is 0 Å². The first-order chi connectivity index (χ1) is 18.3. The predicted molar refractivity (Wildman–Crippen MR) is 144 cm³/mol. The number of methoxy groups -OCH3 is 1. The van der Waals surface area contributed by atoms with Crippen molar-refractivity contribution >= 4 is 41.0 Å². The molecule has 0 aliphatic rings. The second kappa shape index (κ2) is 14.3. The average molecular weight is 561 g/mol. The molecule has 2 rings (SSSR count). The second-order valence-corrected chi connectivity index (χ2v) is 9.76. The summed E-state index contributed by atoms with van der Waals surface area (Å²) in [4.78, 5) is 62.0. The van der Waals surface area contributed by atoms with Gasteiger partial charge in [0.1, 0.15) is 30.2 Å². The summed E-state index contributed by atoms with van der Waals surface area (Å²) in [6, 6.07) is 7.29. The van der Waals surface area contributed by atoms with Crippen LogP contribution in [0.4, 0.5) is 0 Å². The van der Waals surface area contributed by atoms with E-state index in [1.807, 2.05) is 0 Å². The van der Waals surface area contributed by atoms with Crippen LogP contribution in [-0.2, 0) is 25.6 Å². The largest absolute Gasteiger partial charge is 0.496 e. The van der Waals surface area contributed by atoms with E-state index in [0.717, 1.165) is 0 Å². The van der Waals surface area contributed by atoms with E-state index in [1.165, 1.54) is 14.0 Å². The Bertz CT molecular complexity index is 1220. The first-order valence-electron chi connectivity index (χ1n) is 12.2. The minimum Gasteiger partial charge on any atom is -0.496 e. The van der Waals surface area contributed by atoms with Gasteiger partial charge >= 0.3 is 5.97 Å². The zero-order valence-electron chi connectivity index (χ0n) is 22.5. The highest BCUT2D eigenvalue weighted by Gasteiger charge is 2.30. The van der Waals surface area contributed by atoms with E-state index >= 15 is 0 Å². The van der Waals surface area contributed by atoms with E-state index in [1.54, 1.807) is 57.2 Å². The summed E-state index contributed by atoms with van der Waals surface area (Å²) in [6.45, 7) is 6.01. The Hall–Kier alpha value is -3.92. The maximum Gasteiger partial charge on any atom is 0.305 e. The fourth-order valence-corrected chi connectivity index (χ4v) is 4.07. The minimum atomic E-state index is -1.40. The summed E-state index contributed by atoms with van der Waals surface area (Å²) >= 11 is 6.12. The fraction of sp³-hybridized carbons (Fsp3) is 0.393. The van der Waals surface area contributed by atoms with Crippen LogP contribution in [0, 0.1) is 12.8 Å². The molecule has 0 saturated heterocycles. The fourth-order valence-electron chi connectivity index (χ4n) is 3.79. The Balaban J connectivity index is 2.14. The lowest BCUT2D eigenvalue weighted by atomic mass is 10.0. The Morgan fingerprint density at radius 1 is 1.05 bits per heavy atom. The van der Waals surface area contributed by atoms with Crippen LogP contribution in [0.2, 0.25) is 5.02 Å². The molecular weight excluding hydrogens is 528 g/mol. The van der Waals surface area contributed by atoms with Gasteiger partial charge in [-0.05, 0) is 49.6 Å². The summed E-state index contributed by atoms with van der Waals surface area (Å²) in [5, 5.41) is 14.7. The number of ketones is 2. The molecule has 2 amide bonds. The third kappa shape index (κ3) is 9.10. The van der Waals surface area contributed by atoms with Crippen molar-refractivity contribution in [1.82, 2.24) is 10.6 Å². The standard InChI is InChI=1S/C28H33ClN2O8/c1-15(2)26(31-24(34)12-19-11-18(17(4)32)9-10-23(19)38-5)28(37)30-21(13-25(35)36)22(33)14-39-27-16(3)7-6-8-20(27)29/h6-11,15,21,26H,12-14H2,1-5H3,(H,30,37)(H,31,34)(H,35,36)/t21?,26-/m0/s1. The van der Waals surface area contributed by atoms with Crippen molar-refractivity contribution in [3.63, 3.8) is 0 Å². The molecule has 0 heterocycles. The topological polar surface area (TPSA) is 148 Å². The van der Waals surface area contributed by atoms with Crippen molar-refractivity contribution in [3.05, 3.63) is 58.1 Å². The van der Waals surface area contributed by atoms with Gasteiger partial charge in [-0.2, -0.15) is 0 Å². The van der Waals surface area contributed by atoms with Gasteiger partial charge in [0.2, 0.25) is 11.8 Å². The van der Waals surface area contributed by atoms with Crippen molar-refractivity contribution in [1.29, 1.82) is 0 Å². The highest BCUT2D eigenvalue weighted by molar-refractivity contribution is 6.32. The molecule has 2 atom stereocenters. The lowest BCUT2D eigenvalue weighted by Crippen LogP contribution is -2.54. The van der Waals surface area contributed by atoms with E-state index in [-0.39, 0.29) is 23.0 Å². The Morgan fingerprint density at radius 3 is 2.31 bits per heavy atom. The highest BCUT2D eigenvalue weighted by atomic mass is 35.5. The third-order valence-corrected chi connectivity index (χ3v) is 6.21. The van der Waals surface area contributed by atoms with Crippen LogP contribution in [0.1, 0.15) is 48.7 Å². The number of benzene rings is 2. The highest BCUT2D eigenvalue weighted by Crippen LogP contribution is 2.28. The van der Waals surface area contributed by atoms with Crippen molar-refractivity contribution in [2.24, 2.45) is 5.92 Å². The molecule has 0 radical (unpaired) electrons. The number of carboxylic acids is 1. The van der Waals surface area contributed by atoms with E-state index in [4.69, 9.17) is 21.1 Å². The van der Waals surface area contributed by atoms with Crippen LogP contribution in [0.25, 0.3) is 0 Å². The first kappa shape index (κ1) is 31.3. The van der Waals surface area contributed by atoms with Gasteiger partial charge in [-0.1, -0.05) is 37.6 Å². The SMILES string of the molecule is COc1ccc(C(C)=O)cc1CC(=O)N[C@H](C(=O)NC(CC(=O)O)C(=O)COc1c(C)cccc1Cl)C(C)C. The molecule has 3 N–H and O–H groups in total. The summed E-state index contributed by atoms with van der Waals surface area (Å²) in [5.74, 6) is -3.12. The molecule has 0 aliphatic carbocycles. The number of hydrogen-bond donors (Lipinski definition) is 3. The molecule has 0 aromatic heterocycles. The molecule has 0 bridgehead atoms. The maximum atomic E-state index is 13.1. The molecule has 0 saturated carbocycles. The summed E-state index contributed by atoms with van der Waals surface area (Å²) < 4.78 is 10.8. The number of Topliss-reactive ketones (excluding diaryl/α,β-unsaturated/α-hetero) is 2. The van der Waals surface area contributed by atoms with E-state index < -0.39 is 54.6 Å². The number of hydrogen-bond acceptors (Lipinski definition) is 7. The summed E-state index contributed by atoms with van der Waals surface area (Å²) in [7, 11) is 1.44. The normalized spacial score (nSPS) is 12.3. The molecule has 0 aliphatic heterocycles. The minimum absolute atomic E-state index is 0.177. The molecule has 0 spiro atoms. The number of nitrogens with one attached hydrogen (secondary N) is 2. The Labute approximate surface area is 232 Å². The average Bonchev–Trinajstić information content (AvgIpc) is 2.85. The van der Waals surface area contributed by atoms with Crippen LogP contribution < -0.4 is 20.1 Å². The number of aryl methyl sites for hydroxylation is 1. The van der Waals surface area contributed by atoms with Gasteiger partial charge in [0, 0.05) is 11.1 Å². The number of para-hydroxylation sites is 1. The molecule has 39 heavy (non-hydrogen) atoms. The molecule has 0 fully saturated rings. The Morgan fingerprint density at radius 2 is 1.74 bits per heavy atom. The van der Waals surface area contributed by atoms with Crippen molar-refractivity contribution < 1.29 is 38.6 Å². The molecule has 1 unspecified atom stereocenters. The van der Waals surface area contributed by atoms with Gasteiger partial charge in [-0.25, -0.2) is 0 Å². The summed E-state index contributed by atoms with van der Waals surface area (Å²) in [6.07, 6.45) is -0.855. The summed E-state index contributed by atoms with van der Waals surface area (Å²) in [5.41, 5.74) is 1.54. The molecule has 2 aromatic rings. The van der Waals surface area contributed by atoms with Gasteiger partial charge in [0.15, 0.2) is 11.6 Å². The lowest BCUT2D eigenvalue weighted by Gasteiger charge is -2.25. The Kier molecular flexibility index (Phi) is 11.5. The quantitative estimate of drug-likeness (QED) is 0.298. The third-order valence-electron chi connectivity index (χ3n) is 5.91. The van der Waals surface area contributed by atoms with Gasteiger partial charge in [-0.3, -0.25) is 24.0 Å². The first-order valence-corrected chi connectivity index (χ1v) is 12.6. The second-order valence-electron chi connectivity index (χ2n) is 9.35. The molecule has 210 valence electrons. The van der Waals surface area contributed by atoms with Gasteiger partial charge in [-0.15, -0.1) is 0 Å². The van der Waals surface area contributed by atoms with E-state index in [0.29, 0.717) is 22.4 Å². The molecule has 11 heteroatoms. The lowest BCUT2D eigenvalue weighted by molar-refractivity contribution is -0.141. The number of carbonyl (C=O) groups excluding carboxylic acids is 4. The number of carbonyl (C=O) groups is 5. The monoisotopic (exact) mass is 560 g/mol. The number of halogens is 1. The van der Waals surface area contributed by atoms with Crippen LogP contribution in [0.5, 0.6) is 11.5 Å². The predicted octanol–water partition coefficient (Wildman–Crippen LogP) is 3.15. The number of aliphatic carboxylic acids is 1. The van der Waals surface area contributed by atoms with Gasteiger partial charge in [0.05, 0.1) is 25.0 Å².